The van der Waals surface area contributed by atoms with Crippen LogP contribution in [0.5, 0.6) is 0 Å². The van der Waals surface area contributed by atoms with E-state index in [0.717, 1.165) is 12.8 Å². The maximum atomic E-state index is 12.3. The molecule has 0 aromatic carbocycles. The zero-order valence-corrected chi connectivity index (χ0v) is 11.6. The second-order valence-electron chi connectivity index (χ2n) is 5.29. The highest BCUT2D eigenvalue weighted by molar-refractivity contribution is 5.94. The lowest BCUT2D eigenvalue weighted by molar-refractivity contribution is -0.148. The molecule has 2 fully saturated rings. The maximum absolute atomic E-state index is 12.3. The summed E-state index contributed by atoms with van der Waals surface area (Å²) in [7, 11) is 1.63. The van der Waals surface area contributed by atoms with E-state index >= 15 is 0 Å². The van der Waals surface area contributed by atoms with E-state index in [1.807, 2.05) is 6.92 Å². The van der Waals surface area contributed by atoms with Crippen LogP contribution in [-0.4, -0.2) is 61.8 Å². The van der Waals surface area contributed by atoms with Gasteiger partial charge in [-0.15, -0.1) is 0 Å². The summed E-state index contributed by atoms with van der Waals surface area (Å²) in [4.78, 5) is 25.6. The van der Waals surface area contributed by atoms with Gasteiger partial charge in [0.2, 0.25) is 11.8 Å². The molecule has 0 aromatic rings. The Labute approximate surface area is 113 Å². The first kappa shape index (κ1) is 14.3. The van der Waals surface area contributed by atoms with Crippen molar-refractivity contribution in [2.45, 2.75) is 37.8 Å². The average molecular weight is 270 g/mol. The smallest absolute Gasteiger partial charge is 0.245 e. The van der Waals surface area contributed by atoms with Crippen LogP contribution in [0.1, 0.15) is 26.2 Å². The summed E-state index contributed by atoms with van der Waals surface area (Å²) in [5.41, 5.74) is -0.454. The standard InChI is InChI=1S/C13H22N2O4/c1-3-4-10-12(17)15(7-11(16)14-10)8-13(18-2)5-6-19-9-13/h10H,3-9H2,1-2H3,(H,14,16). The van der Waals surface area contributed by atoms with Gasteiger partial charge in [0.05, 0.1) is 19.7 Å². The normalized spacial score (nSPS) is 31.7. The fraction of sp³-hybridized carbons (Fsp3) is 0.846. The third-order valence-electron chi connectivity index (χ3n) is 3.84. The van der Waals surface area contributed by atoms with Crippen LogP contribution in [0.2, 0.25) is 0 Å². The Bertz CT molecular complexity index is 353. The highest BCUT2D eigenvalue weighted by Crippen LogP contribution is 2.24. The van der Waals surface area contributed by atoms with Crippen LogP contribution in [0.3, 0.4) is 0 Å². The summed E-state index contributed by atoms with van der Waals surface area (Å²) in [6.45, 7) is 3.66. The zero-order valence-electron chi connectivity index (χ0n) is 11.6. The van der Waals surface area contributed by atoms with Crippen molar-refractivity contribution in [3.8, 4) is 0 Å². The first-order valence-corrected chi connectivity index (χ1v) is 6.81. The number of piperazine rings is 1. The van der Waals surface area contributed by atoms with Crippen LogP contribution in [0.15, 0.2) is 0 Å². The van der Waals surface area contributed by atoms with Gasteiger partial charge in [-0.3, -0.25) is 9.59 Å². The number of carbonyl (C=O) groups is 2. The molecule has 0 aromatic heterocycles. The molecule has 2 saturated heterocycles. The molecule has 19 heavy (non-hydrogen) atoms. The Morgan fingerprint density at radius 2 is 2.32 bits per heavy atom. The minimum Gasteiger partial charge on any atom is -0.378 e. The SMILES string of the molecule is CCCC1NC(=O)CN(CC2(OC)CCOC2)C1=O. The lowest BCUT2D eigenvalue weighted by Gasteiger charge is -2.37. The summed E-state index contributed by atoms with van der Waals surface area (Å²) < 4.78 is 10.9. The molecule has 2 rings (SSSR count). The summed E-state index contributed by atoms with van der Waals surface area (Å²) in [6, 6.07) is -0.387. The monoisotopic (exact) mass is 270 g/mol. The molecule has 1 N–H and O–H groups in total. The van der Waals surface area contributed by atoms with Gasteiger partial charge in [-0.25, -0.2) is 0 Å². The predicted octanol–water partition coefficient (Wildman–Crippen LogP) is -0.0810. The molecule has 2 heterocycles. The summed E-state index contributed by atoms with van der Waals surface area (Å²) in [6.07, 6.45) is 2.30. The number of hydrogen-bond acceptors (Lipinski definition) is 4. The summed E-state index contributed by atoms with van der Waals surface area (Å²) >= 11 is 0. The van der Waals surface area contributed by atoms with Gasteiger partial charge < -0.3 is 19.7 Å². The summed E-state index contributed by atoms with van der Waals surface area (Å²) in [5.74, 6) is -0.104. The fourth-order valence-corrected chi connectivity index (χ4v) is 2.68. The highest BCUT2D eigenvalue weighted by atomic mass is 16.5. The van der Waals surface area contributed by atoms with Crippen LogP contribution in [0, 0.1) is 0 Å². The van der Waals surface area contributed by atoms with E-state index in [0.29, 0.717) is 26.2 Å². The molecule has 0 saturated carbocycles. The first-order chi connectivity index (χ1) is 9.10. The number of hydrogen-bond donors (Lipinski definition) is 1. The Kier molecular flexibility index (Phi) is 4.42. The Balaban J connectivity index is 2.05. The van der Waals surface area contributed by atoms with Crippen LogP contribution in [0.25, 0.3) is 0 Å². The van der Waals surface area contributed by atoms with Crippen LogP contribution in [-0.2, 0) is 19.1 Å². The number of amides is 2. The molecule has 2 atom stereocenters. The molecule has 0 spiro atoms. The fourth-order valence-electron chi connectivity index (χ4n) is 2.68. The van der Waals surface area contributed by atoms with Gasteiger partial charge in [0, 0.05) is 20.1 Å². The van der Waals surface area contributed by atoms with E-state index in [9.17, 15) is 9.59 Å². The van der Waals surface area contributed by atoms with Crippen LogP contribution in [0.4, 0.5) is 0 Å². The third kappa shape index (κ3) is 3.06. The second kappa shape index (κ2) is 5.88. The molecule has 6 nitrogen and oxygen atoms in total. The van der Waals surface area contributed by atoms with E-state index in [2.05, 4.69) is 5.32 Å². The maximum Gasteiger partial charge on any atom is 0.245 e. The topological polar surface area (TPSA) is 67.9 Å². The average Bonchev–Trinajstić information content (AvgIpc) is 2.84. The molecule has 108 valence electrons. The van der Waals surface area contributed by atoms with Crippen molar-refractivity contribution < 1.29 is 19.1 Å². The van der Waals surface area contributed by atoms with Gasteiger partial charge in [0.1, 0.15) is 11.6 Å². The number of nitrogens with one attached hydrogen (secondary N) is 1. The van der Waals surface area contributed by atoms with E-state index in [-0.39, 0.29) is 24.4 Å². The minimum absolute atomic E-state index is 0.00947. The van der Waals surface area contributed by atoms with Crippen molar-refractivity contribution in [1.82, 2.24) is 10.2 Å². The molecule has 2 amide bonds. The van der Waals surface area contributed by atoms with Crippen LogP contribution < -0.4 is 5.32 Å². The van der Waals surface area contributed by atoms with Gasteiger partial charge in [0.25, 0.3) is 0 Å². The Morgan fingerprint density at radius 1 is 1.53 bits per heavy atom. The number of methoxy groups -OCH3 is 1. The van der Waals surface area contributed by atoms with E-state index in [1.165, 1.54) is 0 Å². The van der Waals surface area contributed by atoms with E-state index in [4.69, 9.17) is 9.47 Å². The van der Waals surface area contributed by atoms with Gasteiger partial charge in [-0.1, -0.05) is 13.3 Å². The quantitative estimate of drug-likeness (QED) is 0.758. The molecule has 2 unspecified atom stereocenters. The lowest BCUT2D eigenvalue weighted by atomic mass is 10.00. The van der Waals surface area contributed by atoms with Gasteiger partial charge in [0.15, 0.2) is 0 Å². The highest BCUT2D eigenvalue weighted by Gasteiger charge is 2.41. The Hall–Kier alpha value is -1.14. The molecule has 0 aliphatic carbocycles. The van der Waals surface area contributed by atoms with Crippen molar-refractivity contribution in [2.24, 2.45) is 0 Å². The van der Waals surface area contributed by atoms with Crippen molar-refractivity contribution in [2.75, 3.05) is 33.4 Å². The zero-order chi connectivity index (χ0) is 13.9. The third-order valence-corrected chi connectivity index (χ3v) is 3.84. The second-order valence-corrected chi connectivity index (χ2v) is 5.29. The van der Waals surface area contributed by atoms with Crippen LogP contribution >= 0.6 is 0 Å². The van der Waals surface area contributed by atoms with Gasteiger partial charge in [-0.2, -0.15) is 0 Å². The van der Waals surface area contributed by atoms with E-state index < -0.39 is 5.60 Å². The molecular formula is C13H22N2O4. The molecule has 6 heteroatoms. The number of ether oxygens (including phenoxy) is 2. The number of nitrogens with zero attached hydrogens (tertiary/aromatic N) is 1. The molecular weight excluding hydrogens is 248 g/mol. The van der Waals surface area contributed by atoms with Gasteiger partial charge in [-0.05, 0) is 6.42 Å². The van der Waals surface area contributed by atoms with Crippen molar-refractivity contribution in [1.29, 1.82) is 0 Å². The molecule has 2 aliphatic rings. The Morgan fingerprint density at radius 3 is 2.89 bits per heavy atom. The largest absolute Gasteiger partial charge is 0.378 e. The van der Waals surface area contributed by atoms with Gasteiger partial charge >= 0.3 is 0 Å². The number of carbonyl (C=O) groups excluding carboxylic acids is 2. The molecule has 0 radical (unpaired) electrons. The van der Waals surface area contributed by atoms with Crippen molar-refractivity contribution in [3.63, 3.8) is 0 Å². The lowest BCUT2D eigenvalue weighted by Crippen LogP contribution is -2.61. The predicted molar refractivity (Wildman–Crippen MR) is 68.6 cm³/mol. The van der Waals surface area contributed by atoms with Crippen molar-refractivity contribution >= 4 is 11.8 Å². The molecule has 0 bridgehead atoms. The first-order valence-electron chi connectivity index (χ1n) is 6.81. The number of rotatable bonds is 5. The minimum atomic E-state index is -0.454. The van der Waals surface area contributed by atoms with Crippen molar-refractivity contribution in [3.05, 3.63) is 0 Å². The summed E-state index contributed by atoms with van der Waals surface area (Å²) in [5, 5.41) is 2.75. The molecule has 2 aliphatic heterocycles. The van der Waals surface area contributed by atoms with E-state index in [1.54, 1.807) is 12.0 Å².